The minimum absolute atomic E-state index is 0.968. The summed E-state index contributed by atoms with van der Waals surface area (Å²) < 4.78 is 6.35. The van der Waals surface area contributed by atoms with E-state index in [1.165, 1.54) is 11.1 Å². The van der Waals surface area contributed by atoms with Gasteiger partial charge in [-0.1, -0.05) is 28.9 Å². The lowest BCUT2D eigenvalue weighted by molar-refractivity contribution is 0.409. The Balaban J connectivity index is 3.19. The Bertz CT molecular complexity index is 252. The zero-order valence-corrected chi connectivity index (χ0v) is 9.23. The van der Waals surface area contributed by atoms with E-state index in [9.17, 15) is 0 Å². The van der Waals surface area contributed by atoms with E-state index in [2.05, 4.69) is 35.8 Å². The minimum Gasteiger partial charge on any atom is -0.496 e. The molecule has 1 rings (SSSR count). The molecule has 0 bridgehead atoms. The van der Waals surface area contributed by atoms with Crippen molar-refractivity contribution in [1.82, 2.24) is 0 Å². The molecule has 12 heavy (non-hydrogen) atoms. The molecule has 0 aliphatic heterocycles. The maximum atomic E-state index is 5.24. The van der Waals surface area contributed by atoms with E-state index in [-0.39, 0.29) is 0 Å². The monoisotopic (exact) mass is 228 g/mol. The second-order valence-corrected chi connectivity index (χ2v) is 3.62. The van der Waals surface area contributed by atoms with Gasteiger partial charge in [-0.05, 0) is 30.5 Å². The molecule has 0 fully saturated rings. The van der Waals surface area contributed by atoms with Crippen LogP contribution < -0.4 is 4.74 Å². The molecule has 0 saturated heterocycles. The minimum atomic E-state index is 0.968. The quantitative estimate of drug-likeness (QED) is 0.755. The normalized spacial score (nSPS) is 10.0. The average molecular weight is 229 g/mol. The average Bonchev–Trinajstić information content (AvgIpc) is 2.09. The fourth-order valence-electron chi connectivity index (χ4n) is 1.19. The molecule has 0 amide bonds. The Morgan fingerprint density at radius 3 is 2.58 bits per heavy atom. The molecule has 0 unspecified atom stereocenters. The van der Waals surface area contributed by atoms with E-state index in [0.717, 1.165) is 16.6 Å². The fraction of sp³-hybridized carbons (Fsp3) is 0.400. The summed E-state index contributed by atoms with van der Waals surface area (Å²) in [6.07, 6.45) is 1.01. The van der Waals surface area contributed by atoms with Crippen LogP contribution in [0, 0.1) is 6.92 Å². The molecular weight excluding hydrogens is 216 g/mol. The van der Waals surface area contributed by atoms with Gasteiger partial charge in [-0.2, -0.15) is 0 Å². The highest BCUT2D eigenvalue weighted by Gasteiger charge is 2.03. The van der Waals surface area contributed by atoms with Gasteiger partial charge in [0.1, 0.15) is 5.75 Å². The van der Waals surface area contributed by atoms with Gasteiger partial charge in [0, 0.05) is 4.47 Å². The topological polar surface area (TPSA) is 9.23 Å². The Morgan fingerprint density at radius 2 is 2.08 bits per heavy atom. The molecule has 0 N–H and O–H groups in total. The van der Waals surface area contributed by atoms with E-state index in [4.69, 9.17) is 4.74 Å². The lowest BCUT2D eigenvalue weighted by atomic mass is 10.1. The number of hydrogen-bond donors (Lipinski definition) is 0. The molecule has 0 radical (unpaired) electrons. The van der Waals surface area contributed by atoms with Gasteiger partial charge in [-0.15, -0.1) is 0 Å². The number of rotatable bonds is 2. The van der Waals surface area contributed by atoms with Crippen molar-refractivity contribution in [1.29, 1.82) is 0 Å². The smallest absolute Gasteiger partial charge is 0.123 e. The van der Waals surface area contributed by atoms with Crippen LogP contribution >= 0.6 is 15.9 Å². The molecule has 0 aromatic heterocycles. The van der Waals surface area contributed by atoms with Gasteiger partial charge in [0.05, 0.1) is 7.11 Å². The summed E-state index contributed by atoms with van der Waals surface area (Å²) in [6.45, 7) is 4.22. The zero-order chi connectivity index (χ0) is 9.14. The summed E-state index contributed by atoms with van der Waals surface area (Å²) in [7, 11) is 1.70. The summed E-state index contributed by atoms with van der Waals surface area (Å²) in [5, 5.41) is 0. The van der Waals surface area contributed by atoms with Crippen molar-refractivity contribution in [3.05, 3.63) is 27.7 Å². The van der Waals surface area contributed by atoms with Crippen LogP contribution in [0.3, 0.4) is 0 Å². The summed E-state index contributed by atoms with van der Waals surface area (Å²) in [5.74, 6) is 0.968. The third-order valence-electron chi connectivity index (χ3n) is 1.94. The summed E-state index contributed by atoms with van der Waals surface area (Å²) in [4.78, 5) is 0. The first-order valence-corrected chi connectivity index (χ1v) is 4.81. The molecule has 1 aromatic rings. The summed E-state index contributed by atoms with van der Waals surface area (Å²) in [6, 6.07) is 4.18. The van der Waals surface area contributed by atoms with Gasteiger partial charge in [0.15, 0.2) is 0 Å². The lowest BCUT2D eigenvalue weighted by Gasteiger charge is -2.08. The van der Waals surface area contributed by atoms with Crippen molar-refractivity contribution >= 4 is 15.9 Å². The highest BCUT2D eigenvalue weighted by atomic mass is 79.9. The first-order valence-electron chi connectivity index (χ1n) is 4.02. The molecule has 2 heteroatoms. The number of methoxy groups -OCH3 is 1. The van der Waals surface area contributed by atoms with Gasteiger partial charge < -0.3 is 4.74 Å². The molecule has 0 atom stereocenters. The second-order valence-electron chi connectivity index (χ2n) is 2.77. The van der Waals surface area contributed by atoms with Crippen molar-refractivity contribution in [3.8, 4) is 5.75 Å². The highest BCUT2D eigenvalue weighted by Crippen LogP contribution is 2.27. The SMILES string of the molecule is CCc1cc(C)c(Br)cc1OC. The molecule has 1 nitrogen and oxygen atoms in total. The maximum Gasteiger partial charge on any atom is 0.123 e. The molecule has 0 aliphatic carbocycles. The number of halogens is 1. The largest absolute Gasteiger partial charge is 0.496 e. The molecule has 0 spiro atoms. The van der Waals surface area contributed by atoms with Gasteiger partial charge in [-0.25, -0.2) is 0 Å². The zero-order valence-electron chi connectivity index (χ0n) is 7.65. The van der Waals surface area contributed by atoms with E-state index in [1.54, 1.807) is 7.11 Å². The van der Waals surface area contributed by atoms with Crippen LogP contribution in [0.25, 0.3) is 0 Å². The number of aryl methyl sites for hydroxylation is 2. The summed E-state index contributed by atoms with van der Waals surface area (Å²) in [5.41, 5.74) is 2.52. The second kappa shape index (κ2) is 3.94. The molecular formula is C10H13BrO. The number of hydrogen-bond acceptors (Lipinski definition) is 1. The van der Waals surface area contributed by atoms with Crippen LogP contribution in [0.1, 0.15) is 18.1 Å². The Morgan fingerprint density at radius 1 is 1.42 bits per heavy atom. The van der Waals surface area contributed by atoms with Crippen LogP contribution in [0.2, 0.25) is 0 Å². The molecule has 0 saturated carbocycles. The van der Waals surface area contributed by atoms with Crippen LogP contribution in [0.15, 0.2) is 16.6 Å². The van der Waals surface area contributed by atoms with Crippen molar-refractivity contribution in [3.63, 3.8) is 0 Å². The van der Waals surface area contributed by atoms with E-state index >= 15 is 0 Å². The van der Waals surface area contributed by atoms with Crippen LogP contribution in [0.5, 0.6) is 5.75 Å². The third kappa shape index (κ3) is 1.81. The standard InChI is InChI=1S/C10H13BrO/c1-4-8-5-7(2)9(11)6-10(8)12-3/h5-6H,4H2,1-3H3. The van der Waals surface area contributed by atoms with Gasteiger partial charge in [-0.3, -0.25) is 0 Å². The van der Waals surface area contributed by atoms with Crippen molar-refractivity contribution in [2.45, 2.75) is 20.3 Å². The van der Waals surface area contributed by atoms with Crippen LogP contribution in [-0.2, 0) is 6.42 Å². The predicted molar refractivity (Wildman–Crippen MR) is 54.8 cm³/mol. The van der Waals surface area contributed by atoms with Crippen LogP contribution in [0.4, 0.5) is 0 Å². The first kappa shape index (κ1) is 9.59. The Kier molecular flexibility index (Phi) is 3.15. The van der Waals surface area contributed by atoms with Gasteiger partial charge in [0.25, 0.3) is 0 Å². The number of benzene rings is 1. The van der Waals surface area contributed by atoms with Gasteiger partial charge in [0.2, 0.25) is 0 Å². The first-order chi connectivity index (χ1) is 5.69. The highest BCUT2D eigenvalue weighted by molar-refractivity contribution is 9.10. The summed E-state index contributed by atoms with van der Waals surface area (Å²) >= 11 is 3.47. The predicted octanol–water partition coefficient (Wildman–Crippen LogP) is 3.33. The molecule has 66 valence electrons. The molecule has 1 aromatic carbocycles. The van der Waals surface area contributed by atoms with Crippen molar-refractivity contribution in [2.75, 3.05) is 7.11 Å². The molecule has 0 heterocycles. The van der Waals surface area contributed by atoms with Crippen molar-refractivity contribution < 1.29 is 4.74 Å². The fourth-order valence-corrected chi connectivity index (χ4v) is 1.51. The van der Waals surface area contributed by atoms with E-state index < -0.39 is 0 Å². The van der Waals surface area contributed by atoms with Gasteiger partial charge >= 0.3 is 0 Å². The van der Waals surface area contributed by atoms with Crippen LogP contribution in [-0.4, -0.2) is 7.11 Å². The number of ether oxygens (including phenoxy) is 1. The molecule has 0 aliphatic rings. The van der Waals surface area contributed by atoms with Crippen molar-refractivity contribution in [2.24, 2.45) is 0 Å². The van der Waals surface area contributed by atoms with E-state index in [1.807, 2.05) is 6.07 Å². The third-order valence-corrected chi connectivity index (χ3v) is 2.80. The Hall–Kier alpha value is -0.500. The van der Waals surface area contributed by atoms with E-state index in [0.29, 0.717) is 0 Å². The maximum absolute atomic E-state index is 5.24. The Labute approximate surface area is 81.9 Å². The lowest BCUT2D eigenvalue weighted by Crippen LogP contribution is -1.91.